The molecule has 1 saturated heterocycles. The Balaban J connectivity index is 1.53. The Kier molecular flexibility index (Phi) is 3.37. The second-order valence-electron chi connectivity index (χ2n) is 6.07. The summed E-state index contributed by atoms with van der Waals surface area (Å²) >= 11 is 0. The molecule has 1 amide bonds. The molecule has 4 heterocycles. The number of rotatable bonds is 3. The molecule has 0 unspecified atom stereocenters. The Bertz CT molecular complexity index is 816. The van der Waals surface area contributed by atoms with Crippen molar-refractivity contribution in [3.63, 3.8) is 0 Å². The predicted molar refractivity (Wildman–Crippen MR) is 85.8 cm³/mol. The van der Waals surface area contributed by atoms with Gasteiger partial charge in [0.25, 0.3) is 0 Å². The van der Waals surface area contributed by atoms with Gasteiger partial charge in [-0.25, -0.2) is 4.98 Å². The van der Waals surface area contributed by atoms with Crippen molar-refractivity contribution in [2.75, 3.05) is 6.54 Å². The first-order chi connectivity index (χ1) is 11.2. The summed E-state index contributed by atoms with van der Waals surface area (Å²) in [5.74, 6) is 0.139. The number of hydrogen-bond donors (Lipinski definition) is 0. The number of nitrogens with zero attached hydrogens (tertiary/aromatic N) is 5. The second-order valence-corrected chi connectivity index (χ2v) is 6.07. The van der Waals surface area contributed by atoms with Crippen LogP contribution >= 0.6 is 0 Å². The fourth-order valence-corrected chi connectivity index (χ4v) is 3.35. The van der Waals surface area contributed by atoms with Gasteiger partial charge in [-0.1, -0.05) is 6.07 Å². The minimum absolute atomic E-state index is 0.139. The first-order valence-electron chi connectivity index (χ1n) is 7.91. The van der Waals surface area contributed by atoms with Crippen molar-refractivity contribution >= 4 is 11.6 Å². The Labute approximate surface area is 134 Å². The SMILES string of the molecule is Cn1cc([C@@H]2CCCN2C(=O)Cc2cn3ccccc3n2)cn1. The number of imidazole rings is 1. The molecule has 3 aromatic heterocycles. The molecule has 3 aromatic rings. The average molecular weight is 309 g/mol. The molecule has 1 aliphatic rings. The van der Waals surface area contributed by atoms with Gasteiger partial charge in [0, 0.05) is 37.7 Å². The fraction of sp³-hybridized carbons (Fsp3) is 0.353. The highest BCUT2D eigenvalue weighted by Gasteiger charge is 2.30. The van der Waals surface area contributed by atoms with Crippen molar-refractivity contribution in [3.8, 4) is 0 Å². The number of aromatic nitrogens is 4. The molecular formula is C17H19N5O. The third-order valence-electron chi connectivity index (χ3n) is 4.43. The molecule has 0 N–H and O–H groups in total. The van der Waals surface area contributed by atoms with Gasteiger partial charge < -0.3 is 9.30 Å². The highest BCUT2D eigenvalue weighted by Crippen LogP contribution is 2.32. The van der Waals surface area contributed by atoms with E-state index in [1.165, 1.54) is 0 Å². The number of likely N-dealkylation sites (tertiary alicyclic amines) is 1. The van der Waals surface area contributed by atoms with E-state index < -0.39 is 0 Å². The summed E-state index contributed by atoms with van der Waals surface area (Å²) in [6.45, 7) is 0.811. The van der Waals surface area contributed by atoms with Crippen LogP contribution in [0.5, 0.6) is 0 Å². The number of aryl methyl sites for hydroxylation is 1. The van der Waals surface area contributed by atoms with E-state index in [9.17, 15) is 4.79 Å². The van der Waals surface area contributed by atoms with Crippen LogP contribution in [0.3, 0.4) is 0 Å². The van der Waals surface area contributed by atoms with E-state index in [1.54, 1.807) is 4.68 Å². The van der Waals surface area contributed by atoms with Gasteiger partial charge in [0.05, 0.1) is 24.4 Å². The van der Waals surface area contributed by atoms with Crippen molar-refractivity contribution < 1.29 is 4.79 Å². The lowest BCUT2D eigenvalue weighted by Crippen LogP contribution is -2.31. The zero-order valence-electron chi connectivity index (χ0n) is 13.1. The maximum absolute atomic E-state index is 12.7. The molecule has 1 fully saturated rings. The third kappa shape index (κ3) is 2.60. The van der Waals surface area contributed by atoms with Crippen LogP contribution in [-0.2, 0) is 18.3 Å². The van der Waals surface area contributed by atoms with Crippen LogP contribution in [0.2, 0.25) is 0 Å². The summed E-state index contributed by atoms with van der Waals surface area (Å²) in [4.78, 5) is 19.2. The molecule has 1 aliphatic heterocycles. The molecule has 0 aliphatic carbocycles. The zero-order chi connectivity index (χ0) is 15.8. The highest BCUT2D eigenvalue weighted by molar-refractivity contribution is 5.79. The lowest BCUT2D eigenvalue weighted by molar-refractivity contribution is -0.131. The topological polar surface area (TPSA) is 55.4 Å². The lowest BCUT2D eigenvalue weighted by atomic mass is 10.1. The Morgan fingerprint density at radius 2 is 2.26 bits per heavy atom. The van der Waals surface area contributed by atoms with Crippen LogP contribution in [0, 0.1) is 0 Å². The summed E-state index contributed by atoms with van der Waals surface area (Å²) in [5.41, 5.74) is 2.81. The van der Waals surface area contributed by atoms with Crippen molar-refractivity contribution in [2.24, 2.45) is 7.05 Å². The quantitative estimate of drug-likeness (QED) is 0.743. The molecule has 23 heavy (non-hydrogen) atoms. The number of pyridine rings is 1. The van der Waals surface area contributed by atoms with Crippen LogP contribution in [0.15, 0.2) is 43.0 Å². The van der Waals surface area contributed by atoms with Crippen LogP contribution < -0.4 is 0 Å². The molecule has 6 heteroatoms. The van der Waals surface area contributed by atoms with Crippen LogP contribution in [0.4, 0.5) is 0 Å². The first-order valence-corrected chi connectivity index (χ1v) is 7.91. The highest BCUT2D eigenvalue weighted by atomic mass is 16.2. The van der Waals surface area contributed by atoms with Crippen LogP contribution in [0.25, 0.3) is 5.65 Å². The Morgan fingerprint density at radius 3 is 3.04 bits per heavy atom. The Hall–Kier alpha value is -2.63. The van der Waals surface area contributed by atoms with Gasteiger partial charge >= 0.3 is 0 Å². The normalized spacial score (nSPS) is 18.0. The molecule has 118 valence electrons. The molecule has 6 nitrogen and oxygen atoms in total. The fourth-order valence-electron chi connectivity index (χ4n) is 3.35. The molecule has 0 saturated carbocycles. The van der Waals surface area contributed by atoms with Crippen molar-refractivity contribution in [3.05, 3.63) is 54.2 Å². The van der Waals surface area contributed by atoms with Gasteiger partial charge in [-0.05, 0) is 25.0 Å². The number of carbonyl (C=O) groups is 1. The van der Waals surface area contributed by atoms with Gasteiger partial charge in [-0.3, -0.25) is 9.48 Å². The molecule has 4 rings (SSSR count). The Morgan fingerprint density at radius 1 is 1.35 bits per heavy atom. The van der Waals surface area contributed by atoms with Crippen molar-refractivity contribution in [1.29, 1.82) is 0 Å². The van der Waals surface area contributed by atoms with E-state index >= 15 is 0 Å². The van der Waals surface area contributed by atoms with Gasteiger partial charge in [0.2, 0.25) is 5.91 Å². The van der Waals surface area contributed by atoms with Gasteiger partial charge in [-0.2, -0.15) is 5.10 Å². The third-order valence-corrected chi connectivity index (χ3v) is 4.43. The molecule has 0 bridgehead atoms. The first kappa shape index (κ1) is 14.0. The molecule has 0 aromatic carbocycles. The van der Waals surface area contributed by atoms with Gasteiger partial charge in [0.15, 0.2) is 0 Å². The maximum atomic E-state index is 12.7. The van der Waals surface area contributed by atoms with E-state index in [0.717, 1.165) is 36.3 Å². The molecule has 0 spiro atoms. The maximum Gasteiger partial charge on any atom is 0.229 e. The predicted octanol–water partition coefficient (Wildman–Crippen LogP) is 1.97. The summed E-state index contributed by atoms with van der Waals surface area (Å²) in [5, 5.41) is 4.23. The smallest absolute Gasteiger partial charge is 0.229 e. The average Bonchev–Trinajstić information content (AvgIpc) is 3.24. The van der Waals surface area contributed by atoms with E-state index in [0.29, 0.717) is 6.42 Å². The molecular weight excluding hydrogens is 290 g/mol. The summed E-state index contributed by atoms with van der Waals surface area (Å²) in [6.07, 6.45) is 10.1. The lowest BCUT2D eigenvalue weighted by Gasteiger charge is -2.23. The monoisotopic (exact) mass is 309 g/mol. The van der Waals surface area contributed by atoms with Gasteiger partial charge in [0.1, 0.15) is 5.65 Å². The van der Waals surface area contributed by atoms with Crippen LogP contribution in [0.1, 0.15) is 30.1 Å². The minimum atomic E-state index is 0.139. The standard InChI is InChI=1S/C17H19N5O/c1-20-11-13(10-18-20)15-5-4-8-22(15)17(23)9-14-12-21-7-3-2-6-16(21)19-14/h2-3,6-7,10-12,15H,4-5,8-9H2,1H3/t15-/m0/s1. The molecule has 0 radical (unpaired) electrons. The zero-order valence-corrected chi connectivity index (χ0v) is 13.1. The van der Waals surface area contributed by atoms with E-state index in [4.69, 9.17) is 0 Å². The largest absolute Gasteiger partial charge is 0.335 e. The number of hydrogen-bond acceptors (Lipinski definition) is 3. The summed E-state index contributed by atoms with van der Waals surface area (Å²) in [7, 11) is 1.90. The number of carbonyl (C=O) groups excluding carboxylic acids is 1. The van der Waals surface area contributed by atoms with E-state index in [2.05, 4.69) is 10.1 Å². The summed E-state index contributed by atoms with van der Waals surface area (Å²) in [6, 6.07) is 6.00. The van der Waals surface area contributed by atoms with E-state index in [1.807, 2.05) is 59.3 Å². The molecule has 1 atom stereocenters. The second kappa shape index (κ2) is 5.53. The van der Waals surface area contributed by atoms with Crippen LogP contribution in [-0.4, -0.2) is 36.5 Å². The minimum Gasteiger partial charge on any atom is -0.335 e. The summed E-state index contributed by atoms with van der Waals surface area (Å²) < 4.78 is 3.74. The van der Waals surface area contributed by atoms with Crippen molar-refractivity contribution in [1.82, 2.24) is 24.1 Å². The van der Waals surface area contributed by atoms with E-state index in [-0.39, 0.29) is 11.9 Å². The number of amides is 1. The van der Waals surface area contributed by atoms with Crippen molar-refractivity contribution in [2.45, 2.75) is 25.3 Å². The number of fused-ring (bicyclic) bond motifs is 1. The van der Waals surface area contributed by atoms with Gasteiger partial charge in [-0.15, -0.1) is 0 Å².